The van der Waals surface area contributed by atoms with Crippen LogP contribution >= 0.6 is 0 Å². The van der Waals surface area contributed by atoms with Crippen molar-refractivity contribution in [3.8, 4) is 11.5 Å². The summed E-state index contributed by atoms with van der Waals surface area (Å²) in [6, 6.07) is 5.00. The number of aromatic hydroxyl groups is 1. The maximum Gasteiger partial charge on any atom is 0.331 e. The van der Waals surface area contributed by atoms with Gasteiger partial charge in [0.15, 0.2) is 11.5 Å². The second-order valence-corrected chi connectivity index (χ2v) is 17.4. The summed E-state index contributed by atoms with van der Waals surface area (Å²) in [5.74, 6) is 2.20. The number of ether oxygens (including phenoxy) is 3. The van der Waals surface area contributed by atoms with Crippen LogP contribution in [-0.4, -0.2) is 35.9 Å². The summed E-state index contributed by atoms with van der Waals surface area (Å²) in [7, 11) is 1.51. The number of carbonyl (C=O) groups excluding carboxylic acids is 2. The highest BCUT2D eigenvalue weighted by atomic mass is 16.6. The zero-order valence-electron chi connectivity index (χ0n) is 29.2. The highest BCUT2D eigenvalue weighted by molar-refractivity contribution is 5.87. The summed E-state index contributed by atoms with van der Waals surface area (Å²) in [6.07, 6.45) is 16.0. The third-order valence-corrected chi connectivity index (χ3v) is 15.6. The van der Waals surface area contributed by atoms with Crippen molar-refractivity contribution in [1.82, 2.24) is 0 Å². The molecule has 11 atom stereocenters. The molecule has 7 rings (SSSR count). The third-order valence-electron chi connectivity index (χ3n) is 15.6. The molecular formula is C40H54O6. The normalized spacial score (nSPS) is 46.8. The summed E-state index contributed by atoms with van der Waals surface area (Å²) in [5.41, 5.74) is -0.367. The fourth-order valence-corrected chi connectivity index (χ4v) is 12.8. The number of rotatable bonds is 4. The molecule has 2 bridgehead atoms. The van der Waals surface area contributed by atoms with E-state index in [2.05, 4.69) is 60.6 Å². The third kappa shape index (κ3) is 3.88. The van der Waals surface area contributed by atoms with Crippen molar-refractivity contribution < 1.29 is 28.9 Å². The van der Waals surface area contributed by atoms with Crippen LogP contribution in [0.5, 0.6) is 11.5 Å². The van der Waals surface area contributed by atoms with Crippen LogP contribution in [0.25, 0.3) is 6.08 Å². The Kier molecular flexibility index (Phi) is 7.00. The molecule has 0 radical (unpaired) electrons. The van der Waals surface area contributed by atoms with Gasteiger partial charge in [-0.05, 0) is 116 Å². The highest BCUT2D eigenvalue weighted by Gasteiger charge is 2.80. The number of phenolic OH excluding ortho intramolecular Hbond substituents is 1. The second kappa shape index (κ2) is 10.1. The lowest BCUT2D eigenvalue weighted by Gasteiger charge is -2.72. The molecule has 1 aromatic carbocycles. The molecule has 46 heavy (non-hydrogen) atoms. The van der Waals surface area contributed by atoms with E-state index in [9.17, 15) is 14.7 Å². The largest absolute Gasteiger partial charge is 0.504 e. The SMILES string of the molecule is COc1cc(/C=C/C(=O)O[C@H]2CC[C@@]3(C)[C@H](CC[C@]4(C)[C@@H]3C=C[C@]35OC(=O)[C@@]6(CC[C@H](C)[C@H](C)[C@@H]63)CC[C@]54C)C2(C)C)ccc1O. The van der Waals surface area contributed by atoms with Crippen molar-refractivity contribution in [3.05, 3.63) is 42.0 Å². The molecule has 250 valence electrons. The number of carbonyl (C=O) groups is 2. The van der Waals surface area contributed by atoms with E-state index < -0.39 is 5.60 Å². The number of allylic oxidation sites excluding steroid dienone is 1. The molecule has 0 aromatic heterocycles. The van der Waals surface area contributed by atoms with Gasteiger partial charge in [0.2, 0.25) is 0 Å². The molecule has 1 aromatic rings. The molecule has 1 spiro atoms. The number of hydrogen-bond donors (Lipinski definition) is 1. The molecule has 0 unspecified atom stereocenters. The highest BCUT2D eigenvalue weighted by Crippen LogP contribution is 2.79. The van der Waals surface area contributed by atoms with Crippen molar-refractivity contribution in [3.63, 3.8) is 0 Å². The number of methoxy groups -OCH3 is 1. The number of benzene rings is 1. The molecule has 6 aliphatic rings. The second-order valence-electron chi connectivity index (χ2n) is 17.4. The zero-order chi connectivity index (χ0) is 33.1. The summed E-state index contributed by atoms with van der Waals surface area (Å²) in [6.45, 7) is 16.9. The van der Waals surface area contributed by atoms with Crippen LogP contribution in [0.15, 0.2) is 36.4 Å². The minimum absolute atomic E-state index is 0.00229. The molecule has 1 saturated heterocycles. The van der Waals surface area contributed by atoms with Crippen LogP contribution < -0.4 is 4.74 Å². The first-order chi connectivity index (χ1) is 21.6. The molecule has 1 N–H and O–H groups in total. The van der Waals surface area contributed by atoms with Gasteiger partial charge in [0.05, 0.1) is 12.5 Å². The standard InChI is InChI=1S/C40H54O6/c1-24-13-19-39-22-21-38(7)37(6)18-14-29-35(3,4)31(45-32(42)12-10-26-9-11-27(41)28(23-26)44-8)16-17-36(29,5)30(37)15-20-40(38,46-34(39)43)33(39)25(24)2/h9-12,15,20,23-25,29-31,33,41H,13-14,16-19,21-22H2,1-8H3/b12-10+/t24-,25-,29+,30+,31-,33-,36-,37+,38-,39-,40-/m0/s1. The van der Waals surface area contributed by atoms with E-state index in [1.807, 2.05) is 0 Å². The van der Waals surface area contributed by atoms with Gasteiger partial charge in [-0.2, -0.15) is 0 Å². The van der Waals surface area contributed by atoms with E-state index in [1.165, 1.54) is 13.2 Å². The lowest BCUT2D eigenvalue weighted by Crippen LogP contribution is -2.71. The Labute approximate surface area is 275 Å². The Morgan fingerprint density at radius 2 is 1.76 bits per heavy atom. The maximum absolute atomic E-state index is 13.9. The van der Waals surface area contributed by atoms with Gasteiger partial charge in [-0.15, -0.1) is 0 Å². The van der Waals surface area contributed by atoms with E-state index in [1.54, 1.807) is 24.3 Å². The molecule has 1 heterocycles. The summed E-state index contributed by atoms with van der Waals surface area (Å²) in [5, 5.41) is 9.90. The van der Waals surface area contributed by atoms with Crippen molar-refractivity contribution in [2.24, 2.45) is 56.7 Å². The number of esters is 2. The molecule has 5 aliphatic carbocycles. The van der Waals surface area contributed by atoms with Gasteiger partial charge in [0, 0.05) is 22.8 Å². The molecule has 6 heteroatoms. The summed E-state index contributed by atoms with van der Waals surface area (Å²) < 4.78 is 18.2. The topological polar surface area (TPSA) is 82.1 Å². The lowest BCUT2D eigenvalue weighted by atomic mass is 9.32. The fraction of sp³-hybridized carbons (Fsp3) is 0.700. The van der Waals surface area contributed by atoms with E-state index in [0.29, 0.717) is 29.4 Å². The van der Waals surface area contributed by atoms with Gasteiger partial charge >= 0.3 is 11.9 Å². The predicted octanol–water partition coefficient (Wildman–Crippen LogP) is 8.52. The number of phenols is 1. The van der Waals surface area contributed by atoms with Crippen LogP contribution in [0.4, 0.5) is 0 Å². The Bertz CT molecular complexity index is 1510. The monoisotopic (exact) mass is 630 g/mol. The average Bonchev–Trinajstić information content (AvgIpc) is 3.21. The fourth-order valence-electron chi connectivity index (χ4n) is 12.8. The molecule has 0 amide bonds. The van der Waals surface area contributed by atoms with Gasteiger partial charge in [-0.3, -0.25) is 4.79 Å². The van der Waals surface area contributed by atoms with E-state index in [0.717, 1.165) is 56.9 Å². The van der Waals surface area contributed by atoms with Crippen molar-refractivity contribution in [2.75, 3.05) is 7.11 Å². The van der Waals surface area contributed by atoms with Crippen LogP contribution in [0.1, 0.15) is 105 Å². The van der Waals surface area contributed by atoms with E-state index in [-0.39, 0.29) is 56.8 Å². The minimum Gasteiger partial charge on any atom is -0.504 e. The van der Waals surface area contributed by atoms with Crippen molar-refractivity contribution >= 4 is 18.0 Å². The summed E-state index contributed by atoms with van der Waals surface area (Å²) >= 11 is 0. The quantitative estimate of drug-likeness (QED) is 0.204. The van der Waals surface area contributed by atoms with Gasteiger partial charge in [-0.25, -0.2) is 4.79 Å². The van der Waals surface area contributed by atoms with Crippen molar-refractivity contribution in [2.45, 2.75) is 112 Å². The Balaban J connectivity index is 1.16. The van der Waals surface area contributed by atoms with E-state index >= 15 is 0 Å². The van der Waals surface area contributed by atoms with Gasteiger partial charge < -0.3 is 19.3 Å². The molecule has 5 fully saturated rings. The molecular weight excluding hydrogens is 576 g/mol. The minimum atomic E-state index is -0.527. The molecule has 1 aliphatic heterocycles. The Morgan fingerprint density at radius 3 is 2.50 bits per heavy atom. The predicted molar refractivity (Wildman–Crippen MR) is 178 cm³/mol. The zero-order valence-corrected chi connectivity index (χ0v) is 29.2. The first-order valence-electron chi connectivity index (χ1n) is 17.8. The molecule has 6 nitrogen and oxygen atoms in total. The maximum atomic E-state index is 13.9. The van der Waals surface area contributed by atoms with Gasteiger partial charge in [0.1, 0.15) is 11.7 Å². The van der Waals surface area contributed by atoms with Crippen LogP contribution in [0.2, 0.25) is 0 Å². The van der Waals surface area contributed by atoms with Crippen molar-refractivity contribution in [1.29, 1.82) is 0 Å². The molecule has 4 saturated carbocycles. The van der Waals surface area contributed by atoms with Gasteiger partial charge in [-0.1, -0.05) is 60.6 Å². The number of fused-ring (bicyclic) bond motifs is 4. The smallest absolute Gasteiger partial charge is 0.331 e. The lowest BCUT2D eigenvalue weighted by molar-refractivity contribution is -0.247. The first kappa shape index (κ1) is 31.8. The number of hydrogen-bond acceptors (Lipinski definition) is 6. The average molecular weight is 631 g/mol. The van der Waals surface area contributed by atoms with Crippen LogP contribution in [-0.2, 0) is 19.1 Å². The Hall–Kier alpha value is -2.76. The van der Waals surface area contributed by atoms with Crippen LogP contribution in [0.3, 0.4) is 0 Å². The Morgan fingerprint density at radius 1 is 1.00 bits per heavy atom. The first-order valence-corrected chi connectivity index (χ1v) is 17.8. The summed E-state index contributed by atoms with van der Waals surface area (Å²) in [4.78, 5) is 27.0. The van der Waals surface area contributed by atoms with Gasteiger partial charge in [0.25, 0.3) is 0 Å². The van der Waals surface area contributed by atoms with E-state index in [4.69, 9.17) is 14.2 Å². The van der Waals surface area contributed by atoms with Crippen LogP contribution in [0, 0.1) is 56.7 Å².